The van der Waals surface area contributed by atoms with Crippen molar-refractivity contribution in [2.24, 2.45) is 11.8 Å². The van der Waals surface area contributed by atoms with Gasteiger partial charge in [0.1, 0.15) is 5.70 Å². The van der Waals surface area contributed by atoms with Gasteiger partial charge in [-0.05, 0) is 25.0 Å². The second-order valence-corrected chi connectivity index (χ2v) is 11.0. The van der Waals surface area contributed by atoms with E-state index < -0.39 is 18.0 Å². The van der Waals surface area contributed by atoms with Crippen molar-refractivity contribution in [3.05, 3.63) is 40.4 Å². The summed E-state index contributed by atoms with van der Waals surface area (Å²) in [4.78, 5) is 43.4. The van der Waals surface area contributed by atoms with Gasteiger partial charge in [0, 0.05) is 48.9 Å². The molecule has 0 aromatic heterocycles. The summed E-state index contributed by atoms with van der Waals surface area (Å²) in [7, 11) is 3.46. The van der Waals surface area contributed by atoms with Gasteiger partial charge >= 0.3 is 5.97 Å². The van der Waals surface area contributed by atoms with Crippen LogP contribution >= 0.6 is 11.8 Å². The maximum atomic E-state index is 13.0. The number of carboxylic acid groups (broad SMARTS) is 1. The molecule has 4 rings (SSSR count). The smallest absolute Gasteiger partial charge is 0.353 e. The zero-order chi connectivity index (χ0) is 24.9. The van der Waals surface area contributed by atoms with Gasteiger partial charge in [-0.15, -0.1) is 11.8 Å². The van der Waals surface area contributed by atoms with Crippen molar-refractivity contribution in [3.63, 3.8) is 0 Å². The molecule has 184 valence electrons. The average molecular weight is 489 g/mol. The standard InChI is InChI=1S/C24H32N4O5S/c1-12-19-18(13(2)29)23(31)28(19)20(24(32)33)21(12)34-15-9-17(22(30)26(3)4)27(11-15)10-14-7-5-6-8-16(14)25/h5-8,12-13,15,17-19,29H,9-11,25H2,1-4H3,(H,32,33)/t12-,13-,15+,17+,18-,19-/m1/s1. The van der Waals surface area contributed by atoms with E-state index in [4.69, 9.17) is 5.73 Å². The molecule has 10 heteroatoms. The van der Waals surface area contributed by atoms with Gasteiger partial charge in [-0.25, -0.2) is 4.79 Å². The van der Waals surface area contributed by atoms with Crippen LogP contribution in [0, 0.1) is 11.8 Å². The number of nitrogens with zero attached hydrogens (tertiary/aromatic N) is 3. The number of carbonyl (C=O) groups is 3. The van der Waals surface area contributed by atoms with Crippen LogP contribution in [0.25, 0.3) is 0 Å². The van der Waals surface area contributed by atoms with Gasteiger partial charge in [0.2, 0.25) is 11.8 Å². The summed E-state index contributed by atoms with van der Waals surface area (Å²) in [5.74, 6) is -2.27. The number of thioether (sulfide) groups is 1. The third-order valence-electron chi connectivity index (χ3n) is 7.12. The predicted molar refractivity (Wildman–Crippen MR) is 129 cm³/mol. The molecule has 0 aliphatic carbocycles. The first-order valence-corrected chi connectivity index (χ1v) is 12.3. The summed E-state index contributed by atoms with van der Waals surface area (Å²) in [5.41, 5.74) is 7.78. The van der Waals surface area contributed by atoms with Gasteiger partial charge in [-0.3, -0.25) is 14.5 Å². The number of fused-ring (bicyclic) bond motifs is 1. The van der Waals surface area contributed by atoms with Crippen molar-refractivity contribution in [1.82, 2.24) is 14.7 Å². The highest BCUT2D eigenvalue weighted by molar-refractivity contribution is 8.03. The number of hydrogen-bond acceptors (Lipinski definition) is 7. The zero-order valence-corrected chi connectivity index (χ0v) is 20.7. The molecule has 0 saturated carbocycles. The van der Waals surface area contributed by atoms with Crippen LogP contribution < -0.4 is 5.73 Å². The molecule has 2 saturated heterocycles. The molecule has 2 fully saturated rings. The number of aliphatic hydroxyl groups excluding tert-OH is 1. The SMILES string of the molecule is C[C@@H](O)[C@H]1C(=O)N2C(C(=O)O)=C(S[C@H]3C[C@@H](C(=O)N(C)C)N(Cc4ccccc4N)C3)[C@H](C)[C@H]12. The number of carbonyl (C=O) groups excluding carboxylic acids is 2. The molecule has 0 spiro atoms. The lowest BCUT2D eigenvalue weighted by atomic mass is 9.79. The van der Waals surface area contributed by atoms with Gasteiger partial charge in [-0.1, -0.05) is 25.1 Å². The number of rotatable bonds is 7. The Morgan fingerprint density at radius 1 is 1.29 bits per heavy atom. The van der Waals surface area contributed by atoms with Crippen LogP contribution in [-0.2, 0) is 20.9 Å². The number of aliphatic carboxylic acids is 1. The first-order valence-electron chi connectivity index (χ1n) is 11.5. The highest BCUT2D eigenvalue weighted by Gasteiger charge is 2.60. The van der Waals surface area contributed by atoms with Crippen molar-refractivity contribution in [1.29, 1.82) is 0 Å². The molecule has 3 aliphatic rings. The Labute approximate surface area is 203 Å². The van der Waals surface area contributed by atoms with Crippen molar-refractivity contribution in [2.75, 3.05) is 26.4 Å². The molecule has 1 aromatic carbocycles. The number of nitrogen functional groups attached to an aromatic ring is 1. The highest BCUT2D eigenvalue weighted by Crippen LogP contribution is 2.52. The monoisotopic (exact) mass is 488 g/mol. The number of β-lactam (4-membered cyclic amide) rings is 1. The Morgan fingerprint density at radius 2 is 1.97 bits per heavy atom. The Bertz CT molecular complexity index is 1040. The molecule has 3 aliphatic heterocycles. The summed E-state index contributed by atoms with van der Waals surface area (Å²) in [6, 6.07) is 6.88. The van der Waals surface area contributed by atoms with Crippen LogP contribution in [0.1, 0.15) is 25.8 Å². The van der Waals surface area contributed by atoms with Gasteiger partial charge in [0.25, 0.3) is 0 Å². The van der Waals surface area contributed by atoms with Crippen LogP contribution in [0.15, 0.2) is 34.9 Å². The molecular formula is C24H32N4O5S. The highest BCUT2D eigenvalue weighted by atomic mass is 32.2. The van der Waals surface area contributed by atoms with Gasteiger partial charge in [0.05, 0.1) is 24.1 Å². The summed E-state index contributed by atoms with van der Waals surface area (Å²) >= 11 is 1.45. The molecule has 2 amide bonds. The summed E-state index contributed by atoms with van der Waals surface area (Å²) in [5, 5.41) is 20.0. The average Bonchev–Trinajstić information content (AvgIpc) is 3.26. The first kappa shape index (κ1) is 24.6. The summed E-state index contributed by atoms with van der Waals surface area (Å²) < 4.78 is 0. The van der Waals surface area contributed by atoms with E-state index in [1.165, 1.54) is 16.7 Å². The second-order valence-electron chi connectivity index (χ2n) is 9.62. The first-order chi connectivity index (χ1) is 16.0. The minimum atomic E-state index is -1.14. The number of likely N-dealkylation sites (tertiary alicyclic amines) is 1. The number of anilines is 1. The maximum Gasteiger partial charge on any atom is 0.353 e. The van der Waals surface area contributed by atoms with Gasteiger partial charge in [-0.2, -0.15) is 0 Å². The topological polar surface area (TPSA) is 127 Å². The molecule has 4 N–H and O–H groups in total. The fourth-order valence-electron chi connectivity index (χ4n) is 5.43. The number of hydrogen-bond donors (Lipinski definition) is 3. The number of aliphatic hydroxyl groups is 1. The third kappa shape index (κ3) is 4.08. The number of amides is 2. The zero-order valence-electron chi connectivity index (χ0n) is 19.8. The number of para-hydroxylation sites is 1. The van der Waals surface area contributed by atoms with E-state index in [1.807, 2.05) is 31.2 Å². The van der Waals surface area contributed by atoms with E-state index in [9.17, 15) is 24.6 Å². The maximum absolute atomic E-state index is 13.0. The van der Waals surface area contributed by atoms with Crippen molar-refractivity contribution in [3.8, 4) is 0 Å². The van der Waals surface area contributed by atoms with Crippen LogP contribution in [0.3, 0.4) is 0 Å². The summed E-state index contributed by atoms with van der Waals surface area (Å²) in [6.45, 7) is 4.59. The second kappa shape index (κ2) is 9.24. The Kier molecular flexibility index (Phi) is 6.67. The quantitative estimate of drug-likeness (QED) is 0.386. The fourth-order valence-corrected chi connectivity index (χ4v) is 6.99. The third-order valence-corrected chi connectivity index (χ3v) is 8.62. The molecule has 0 radical (unpaired) electrons. The molecule has 1 aromatic rings. The molecular weight excluding hydrogens is 456 g/mol. The molecule has 0 bridgehead atoms. The lowest BCUT2D eigenvalue weighted by Crippen LogP contribution is -2.63. The molecule has 6 atom stereocenters. The van der Waals surface area contributed by atoms with Crippen LogP contribution in [0.2, 0.25) is 0 Å². The molecule has 34 heavy (non-hydrogen) atoms. The van der Waals surface area contributed by atoms with Crippen molar-refractivity contribution >= 4 is 35.2 Å². The van der Waals surface area contributed by atoms with E-state index in [0.717, 1.165) is 5.56 Å². The van der Waals surface area contributed by atoms with Crippen molar-refractivity contribution in [2.45, 2.75) is 50.3 Å². The summed E-state index contributed by atoms with van der Waals surface area (Å²) in [6.07, 6.45) is -0.272. The van der Waals surface area contributed by atoms with E-state index in [0.29, 0.717) is 30.1 Å². The largest absolute Gasteiger partial charge is 0.477 e. The van der Waals surface area contributed by atoms with Crippen LogP contribution in [-0.4, -0.2) is 86.8 Å². The minimum Gasteiger partial charge on any atom is -0.477 e. The van der Waals surface area contributed by atoms with E-state index >= 15 is 0 Å². The predicted octanol–water partition coefficient (Wildman–Crippen LogP) is 1.19. The fraction of sp³-hybridized carbons (Fsp3) is 0.542. The normalized spacial score (nSPS) is 29.7. The van der Waals surface area contributed by atoms with E-state index in [-0.39, 0.29) is 40.8 Å². The number of carboxylic acids is 1. The van der Waals surface area contributed by atoms with Crippen molar-refractivity contribution < 1.29 is 24.6 Å². The Balaban J connectivity index is 1.58. The number of benzene rings is 1. The minimum absolute atomic E-state index is 0.00215. The van der Waals surface area contributed by atoms with E-state index in [1.54, 1.807) is 25.9 Å². The molecule has 3 heterocycles. The lowest BCUT2D eigenvalue weighted by Gasteiger charge is -2.46. The van der Waals surface area contributed by atoms with Gasteiger partial charge < -0.3 is 25.7 Å². The number of likely N-dealkylation sites (N-methyl/N-ethyl adjacent to an activating group) is 1. The molecule has 9 nitrogen and oxygen atoms in total. The Morgan fingerprint density at radius 3 is 2.56 bits per heavy atom. The molecule has 0 unspecified atom stereocenters. The van der Waals surface area contributed by atoms with Crippen LogP contribution in [0.4, 0.5) is 5.69 Å². The number of nitrogens with two attached hydrogens (primary N) is 1. The van der Waals surface area contributed by atoms with E-state index in [2.05, 4.69) is 4.90 Å². The van der Waals surface area contributed by atoms with Gasteiger partial charge in [0.15, 0.2) is 0 Å². The lowest BCUT2D eigenvalue weighted by molar-refractivity contribution is -0.163. The van der Waals surface area contributed by atoms with Crippen LogP contribution in [0.5, 0.6) is 0 Å². The Hall–Kier alpha value is -2.56.